The lowest BCUT2D eigenvalue weighted by molar-refractivity contribution is -0.150. The third kappa shape index (κ3) is 3.15. The number of ether oxygens (including phenoxy) is 1. The van der Waals surface area contributed by atoms with E-state index < -0.39 is 30.1 Å². The van der Waals surface area contributed by atoms with Crippen LogP contribution in [-0.4, -0.2) is 31.0 Å². The summed E-state index contributed by atoms with van der Waals surface area (Å²) in [5, 5.41) is 0. The summed E-state index contributed by atoms with van der Waals surface area (Å²) in [6.45, 7) is 6.27. The van der Waals surface area contributed by atoms with E-state index >= 15 is 0 Å². The summed E-state index contributed by atoms with van der Waals surface area (Å²) in [6, 6.07) is 0. The Morgan fingerprint density at radius 2 is 1.59 bits per heavy atom. The van der Waals surface area contributed by atoms with Crippen LogP contribution >= 0.6 is 0 Å². The van der Waals surface area contributed by atoms with Gasteiger partial charge in [0.15, 0.2) is 0 Å². The fourth-order valence-corrected chi connectivity index (χ4v) is 4.45. The smallest absolute Gasteiger partial charge is 0.257 e. The molecule has 1 nitrogen and oxygen atoms in total. The molecule has 0 aromatic carbocycles. The van der Waals surface area contributed by atoms with Gasteiger partial charge in [0.1, 0.15) is 12.3 Å². The minimum Gasteiger partial charge on any atom is -0.378 e. The Balaban J connectivity index is 0.000000847. The van der Waals surface area contributed by atoms with Crippen molar-refractivity contribution >= 4 is 0 Å². The highest BCUT2D eigenvalue weighted by Crippen LogP contribution is 2.58. The van der Waals surface area contributed by atoms with Gasteiger partial charge in [-0.05, 0) is 50.9 Å². The van der Waals surface area contributed by atoms with Crippen molar-refractivity contribution in [1.82, 2.24) is 0 Å². The van der Waals surface area contributed by atoms with Gasteiger partial charge in [-0.15, -0.1) is 0 Å². The van der Waals surface area contributed by atoms with Gasteiger partial charge in [-0.2, -0.15) is 0 Å². The maximum atomic E-state index is 14.6. The van der Waals surface area contributed by atoms with Crippen LogP contribution in [0.5, 0.6) is 0 Å². The normalized spacial score (nSPS) is 47.3. The van der Waals surface area contributed by atoms with E-state index in [2.05, 4.69) is 0 Å². The molecule has 0 N–H and O–H groups in total. The summed E-state index contributed by atoms with van der Waals surface area (Å²) in [6.07, 6.45) is -1.32. The molecule has 22 heavy (non-hydrogen) atoms. The van der Waals surface area contributed by atoms with Crippen LogP contribution in [0.3, 0.4) is 0 Å². The number of halogens is 4. The minimum absolute atomic E-state index is 0.0866. The van der Waals surface area contributed by atoms with Crippen LogP contribution < -0.4 is 0 Å². The maximum Gasteiger partial charge on any atom is 0.257 e. The Labute approximate surface area is 130 Å². The highest BCUT2D eigenvalue weighted by atomic mass is 19.3. The van der Waals surface area contributed by atoms with Gasteiger partial charge in [-0.1, -0.05) is 13.8 Å². The van der Waals surface area contributed by atoms with E-state index in [1.54, 1.807) is 0 Å². The number of fused-ring (bicyclic) bond motifs is 1. The van der Waals surface area contributed by atoms with Gasteiger partial charge >= 0.3 is 0 Å². The highest BCUT2D eigenvalue weighted by Gasteiger charge is 2.64. The first-order valence-corrected chi connectivity index (χ1v) is 8.68. The van der Waals surface area contributed by atoms with Crippen molar-refractivity contribution in [3.8, 4) is 0 Å². The van der Waals surface area contributed by atoms with Crippen molar-refractivity contribution in [2.45, 2.75) is 77.2 Å². The Morgan fingerprint density at radius 3 is 2.18 bits per heavy atom. The highest BCUT2D eigenvalue weighted by molar-refractivity contribution is 5.05. The molecule has 2 aliphatic carbocycles. The first-order valence-electron chi connectivity index (χ1n) is 8.68. The van der Waals surface area contributed by atoms with Crippen LogP contribution in [0.15, 0.2) is 0 Å². The van der Waals surface area contributed by atoms with Gasteiger partial charge in [0.2, 0.25) is 0 Å². The zero-order valence-corrected chi connectivity index (χ0v) is 13.7. The lowest BCUT2D eigenvalue weighted by atomic mass is 9.78. The van der Waals surface area contributed by atoms with Crippen LogP contribution in [0.1, 0.15) is 52.9 Å². The molecule has 7 unspecified atom stereocenters. The molecular weight excluding hydrogens is 296 g/mol. The molecule has 1 saturated heterocycles. The molecule has 1 heterocycles. The fraction of sp³-hybridized carbons (Fsp3) is 1.00. The maximum absolute atomic E-state index is 14.6. The molecule has 3 fully saturated rings. The lowest BCUT2D eigenvalue weighted by Gasteiger charge is -2.37. The van der Waals surface area contributed by atoms with E-state index in [0.29, 0.717) is 25.9 Å². The molecule has 2 saturated carbocycles. The molecule has 0 aromatic heterocycles. The number of rotatable bonds is 1. The average molecular weight is 324 g/mol. The van der Waals surface area contributed by atoms with Gasteiger partial charge in [0.25, 0.3) is 5.92 Å². The molecule has 5 heteroatoms. The van der Waals surface area contributed by atoms with Gasteiger partial charge in [0, 0.05) is 5.92 Å². The van der Waals surface area contributed by atoms with Gasteiger partial charge in [0.05, 0.1) is 18.6 Å². The second-order valence-electron chi connectivity index (χ2n) is 6.82. The first kappa shape index (κ1) is 18.0. The monoisotopic (exact) mass is 324 g/mol. The molecule has 7 atom stereocenters. The molecule has 0 amide bonds. The third-order valence-corrected chi connectivity index (χ3v) is 5.61. The largest absolute Gasteiger partial charge is 0.378 e. The van der Waals surface area contributed by atoms with Crippen molar-refractivity contribution in [3.63, 3.8) is 0 Å². The van der Waals surface area contributed by atoms with Gasteiger partial charge in [-0.3, -0.25) is 0 Å². The quantitative estimate of drug-likeness (QED) is 0.604. The average Bonchev–Trinajstić information content (AvgIpc) is 2.78. The summed E-state index contributed by atoms with van der Waals surface area (Å²) in [5.41, 5.74) is 0. The van der Waals surface area contributed by atoms with Gasteiger partial charge < -0.3 is 4.74 Å². The topological polar surface area (TPSA) is 9.23 Å². The van der Waals surface area contributed by atoms with Crippen LogP contribution in [0.2, 0.25) is 0 Å². The molecule has 0 radical (unpaired) electrons. The van der Waals surface area contributed by atoms with Gasteiger partial charge in [-0.25, -0.2) is 17.6 Å². The molecule has 3 rings (SSSR count). The van der Waals surface area contributed by atoms with E-state index in [1.807, 2.05) is 20.8 Å². The predicted molar refractivity (Wildman–Crippen MR) is 78.5 cm³/mol. The van der Waals surface area contributed by atoms with E-state index in [0.717, 1.165) is 6.42 Å². The van der Waals surface area contributed by atoms with E-state index in [9.17, 15) is 17.6 Å². The predicted octanol–water partition coefficient (Wildman–Crippen LogP) is 5.19. The zero-order chi connectivity index (χ0) is 16.5. The van der Waals surface area contributed by atoms with Crippen molar-refractivity contribution in [1.29, 1.82) is 0 Å². The number of hydrogen-bond donors (Lipinski definition) is 0. The Hall–Kier alpha value is -0.320. The van der Waals surface area contributed by atoms with Crippen LogP contribution in [-0.2, 0) is 4.74 Å². The summed E-state index contributed by atoms with van der Waals surface area (Å²) < 4.78 is 62.1. The van der Waals surface area contributed by atoms with Crippen molar-refractivity contribution in [3.05, 3.63) is 0 Å². The molecule has 0 aromatic rings. The van der Waals surface area contributed by atoms with Crippen molar-refractivity contribution in [2.24, 2.45) is 23.7 Å². The Kier molecular flexibility index (Phi) is 5.79. The molecule has 0 bridgehead atoms. The standard InChI is InChI=1S/C15H22F4O.C2H6/c1-8-2-3-10(7-20-8)11-6-9-4-5-12(16)14(17)13(9)15(11,18)19;1-2/h8-14H,2-7H2,1H3;1-2H3. The first-order chi connectivity index (χ1) is 10.4. The third-order valence-electron chi connectivity index (χ3n) is 5.61. The summed E-state index contributed by atoms with van der Waals surface area (Å²) in [7, 11) is 0. The zero-order valence-electron chi connectivity index (χ0n) is 13.7. The number of alkyl halides is 4. The van der Waals surface area contributed by atoms with E-state index in [4.69, 9.17) is 4.74 Å². The second kappa shape index (κ2) is 7.06. The van der Waals surface area contributed by atoms with Crippen LogP contribution in [0.25, 0.3) is 0 Å². The van der Waals surface area contributed by atoms with Crippen molar-refractivity contribution in [2.75, 3.05) is 6.61 Å². The SMILES string of the molecule is CC.CC1CCC(C2CC3CCC(F)C(F)C3C2(F)F)CO1. The lowest BCUT2D eigenvalue weighted by Crippen LogP contribution is -2.46. The van der Waals surface area contributed by atoms with Crippen LogP contribution in [0.4, 0.5) is 17.6 Å². The minimum atomic E-state index is -3.09. The molecule has 3 aliphatic rings. The summed E-state index contributed by atoms with van der Waals surface area (Å²) in [4.78, 5) is 0. The molecular formula is C17H28F4O. The number of hydrogen-bond acceptors (Lipinski definition) is 1. The summed E-state index contributed by atoms with van der Waals surface area (Å²) in [5.74, 6) is -5.93. The van der Waals surface area contributed by atoms with E-state index in [1.165, 1.54) is 0 Å². The van der Waals surface area contributed by atoms with Crippen molar-refractivity contribution < 1.29 is 22.3 Å². The molecule has 0 spiro atoms. The van der Waals surface area contributed by atoms with E-state index in [-0.39, 0.29) is 24.4 Å². The second-order valence-corrected chi connectivity index (χ2v) is 6.82. The Morgan fingerprint density at radius 1 is 0.955 bits per heavy atom. The molecule has 130 valence electrons. The molecule has 1 aliphatic heterocycles. The van der Waals surface area contributed by atoms with Crippen LogP contribution in [0, 0.1) is 23.7 Å². The fourth-order valence-electron chi connectivity index (χ4n) is 4.45. The summed E-state index contributed by atoms with van der Waals surface area (Å²) >= 11 is 0. The Bertz CT molecular complexity index is 355.